The van der Waals surface area contributed by atoms with Crippen molar-refractivity contribution in [1.29, 1.82) is 0 Å². The van der Waals surface area contributed by atoms with E-state index in [1.807, 2.05) is 6.92 Å². The molecule has 1 aromatic rings. The van der Waals surface area contributed by atoms with Gasteiger partial charge in [-0.15, -0.1) is 0 Å². The molecule has 1 aliphatic rings. The molecule has 0 atom stereocenters. The highest BCUT2D eigenvalue weighted by molar-refractivity contribution is 5.75. The SMILES string of the molecule is CCn1ccnc(NCC2(C(=O)O)CCCC2)c1=O. The van der Waals surface area contributed by atoms with Crippen molar-refractivity contribution in [2.24, 2.45) is 5.41 Å². The summed E-state index contributed by atoms with van der Waals surface area (Å²) in [4.78, 5) is 27.4. The highest BCUT2D eigenvalue weighted by Crippen LogP contribution is 2.38. The topological polar surface area (TPSA) is 84.2 Å². The lowest BCUT2D eigenvalue weighted by Crippen LogP contribution is -2.37. The molecule has 1 fully saturated rings. The Labute approximate surface area is 111 Å². The second-order valence-corrected chi connectivity index (χ2v) is 5.01. The fraction of sp³-hybridized carbons (Fsp3) is 0.615. The largest absolute Gasteiger partial charge is 0.481 e. The van der Waals surface area contributed by atoms with E-state index in [4.69, 9.17) is 0 Å². The highest BCUT2D eigenvalue weighted by Gasteiger charge is 2.41. The van der Waals surface area contributed by atoms with Gasteiger partial charge in [-0.2, -0.15) is 0 Å². The predicted molar refractivity (Wildman–Crippen MR) is 71.2 cm³/mol. The number of carboxylic acid groups (broad SMARTS) is 1. The van der Waals surface area contributed by atoms with Crippen LogP contribution in [0.4, 0.5) is 5.82 Å². The number of nitrogens with one attached hydrogen (secondary N) is 1. The van der Waals surface area contributed by atoms with Gasteiger partial charge in [0, 0.05) is 25.5 Å². The number of nitrogens with zero attached hydrogens (tertiary/aromatic N) is 2. The lowest BCUT2D eigenvalue weighted by Gasteiger charge is -2.24. The Kier molecular flexibility index (Phi) is 3.87. The minimum Gasteiger partial charge on any atom is -0.481 e. The van der Waals surface area contributed by atoms with Crippen LogP contribution in [0.2, 0.25) is 0 Å². The van der Waals surface area contributed by atoms with Crippen LogP contribution in [-0.4, -0.2) is 27.2 Å². The van der Waals surface area contributed by atoms with Crippen molar-refractivity contribution in [2.75, 3.05) is 11.9 Å². The molecular formula is C13H19N3O3. The maximum atomic E-state index is 12.0. The van der Waals surface area contributed by atoms with Crippen molar-refractivity contribution >= 4 is 11.8 Å². The zero-order chi connectivity index (χ0) is 13.9. The Balaban J connectivity index is 2.14. The van der Waals surface area contributed by atoms with Gasteiger partial charge in [0.2, 0.25) is 0 Å². The van der Waals surface area contributed by atoms with Crippen LogP contribution >= 0.6 is 0 Å². The molecule has 19 heavy (non-hydrogen) atoms. The number of carboxylic acids is 1. The molecule has 0 aromatic carbocycles. The maximum Gasteiger partial charge on any atom is 0.311 e. The fourth-order valence-corrected chi connectivity index (χ4v) is 2.59. The molecule has 0 bridgehead atoms. The molecule has 0 unspecified atom stereocenters. The Morgan fingerprint density at radius 3 is 2.79 bits per heavy atom. The molecule has 0 amide bonds. The fourth-order valence-electron chi connectivity index (χ4n) is 2.59. The van der Waals surface area contributed by atoms with Gasteiger partial charge in [-0.1, -0.05) is 12.8 Å². The lowest BCUT2D eigenvalue weighted by molar-refractivity contribution is -0.147. The first-order chi connectivity index (χ1) is 9.09. The Bertz CT molecular complexity index is 518. The molecule has 0 radical (unpaired) electrons. The number of anilines is 1. The van der Waals surface area contributed by atoms with Crippen LogP contribution in [0.5, 0.6) is 0 Å². The van der Waals surface area contributed by atoms with Crippen LogP contribution in [0.25, 0.3) is 0 Å². The van der Waals surface area contributed by atoms with Crippen LogP contribution in [-0.2, 0) is 11.3 Å². The Morgan fingerprint density at radius 2 is 2.21 bits per heavy atom. The summed E-state index contributed by atoms with van der Waals surface area (Å²) >= 11 is 0. The smallest absolute Gasteiger partial charge is 0.311 e. The number of hydrogen-bond donors (Lipinski definition) is 2. The summed E-state index contributed by atoms with van der Waals surface area (Å²) in [5.41, 5.74) is -0.954. The standard InChI is InChI=1S/C13H19N3O3/c1-2-16-8-7-14-10(11(16)17)15-9-13(12(18)19)5-3-4-6-13/h7-8H,2-6,9H2,1H3,(H,14,15)(H,18,19). The monoisotopic (exact) mass is 265 g/mol. The van der Waals surface area contributed by atoms with Crippen LogP contribution in [0.15, 0.2) is 17.2 Å². The molecule has 2 rings (SSSR count). The van der Waals surface area contributed by atoms with Crippen LogP contribution in [0.3, 0.4) is 0 Å². The zero-order valence-corrected chi connectivity index (χ0v) is 11.1. The molecule has 1 aromatic heterocycles. The summed E-state index contributed by atoms with van der Waals surface area (Å²) in [5.74, 6) is -0.555. The molecule has 2 N–H and O–H groups in total. The van der Waals surface area contributed by atoms with Crippen molar-refractivity contribution in [3.8, 4) is 0 Å². The van der Waals surface area contributed by atoms with Gasteiger partial charge in [0.05, 0.1) is 5.41 Å². The van der Waals surface area contributed by atoms with Gasteiger partial charge >= 0.3 is 5.97 Å². The van der Waals surface area contributed by atoms with E-state index in [0.717, 1.165) is 12.8 Å². The van der Waals surface area contributed by atoms with E-state index in [1.165, 1.54) is 4.57 Å². The third-order valence-electron chi connectivity index (χ3n) is 3.86. The van der Waals surface area contributed by atoms with E-state index in [-0.39, 0.29) is 17.9 Å². The number of aryl methyl sites for hydroxylation is 1. The molecule has 0 saturated heterocycles. The van der Waals surface area contributed by atoms with E-state index >= 15 is 0 Å². The molecule has 0 aliphatic heterocycles. The van der Waals surface area contributed by atoms with Gasteiger partial charge in [0.25, 0.3) is 5.56 Å². The summed E-state index contributed by atoms with van der Waals surface area (Å²) in [5, 5.41) is 12.3. The number of carbonyl (C=O) groups is 1. The molecule has 1 saturated carbocycles. The average molecular weight is 265 g/mol. The number of rotatable bonds is 5. The third kappa shape index (κ3) is 2.62. The first-order valence-corrected chi connectivity index (χ1v) is 6.62. The van der Waals surface area contributed by atoms with E-state index in [9.17, 15) is 14.7 Å². The minimum absolute atomic E-state index is 0.205. The number of aliphatic carboxylic acids is 1. The van der Waals surface area contributed by atoms with Crippen LogP contribution in [0, 0.1) is 5.41 Å². The minimum atomic E-state index is -0.788. The quantitative estimate of drug-likeness (QED) is 0.838. The summed E-state index contributed by atoms with van der Waals surface area (Å²) in [6.45, 7) is 2.71. The molecule has 6 heteroatoms. The third-order valence-corrected chi connectivity index (χ3v) is 3.86. The molecule has 1 heterocycles. The van der Waals surface area contributed by atoms with Crippen molar-refractivity contribution in [2.45, 2.75) is 39.2 Å². The summed E-state index contributed by atoms with van der Waals surface area (Å²) in [6, 6.07) is 0. The average Bonchev–Trinajstić information content (AvgIpc) is 2.88. The maximum absolute atomic E-state index is 12.0. The summed E-state index contributed by atoms with van der Waals surface area (Å²) in [6.07, 6.45) is 6.34. The van der Waals surface area contributed by atoms with Crippen molar-refractivity contribution in [1.82, 2.24) is 9.55 Å². The summed E-state index contributed by atoms with van der Waals surface area (Å²) in [7, 11) is 0. The number of aromatic nitrogens is 2. The Hall–Kier alpha value is -1.85. The van der Waals surface area contributed by atoms with Crippen LogP contribution in [0.1, 0.15) is 32.6 Å². The van der Waals surface area contributed by atoms with Crippen LogP contribution < -0.4 is 10.9 Å². The van der Waals surface area contributed by atoms with Crippen molar-refractivity contribution < 1.29 is 9.90 Å². The predicted octanol–water partition coefficient (Wildman–Crippen LogP) is 1.32. The van der Waals surface area contributed by atoms with Gasteiger partial charge < -0.3 is 15.0 Å². The molecule has 104 valence electrons. The zero-order valence-electron chi connectivity index (χ0n) is 11.1. The van der Waals surface area contributed by atoms with E-state index in [1.54, 1.807) is 12.4 Å². The van der Waals surface area contributed by atoms with E-state index in [0.29, 0.717) is 19.4 Å². The van der Waals surface area contributed by atoms with Gasteiger partial charge in [-0.25, -0.2) is 4.98 Å². The number of hydrogen-bond acceptors (Lipinski definition) is 4. The molecular weight excluding hydrogens is 246 g/mol. The van der Waals surface area contributed by atoms with Gasteiger partial charge in [-0.3, -0.25) is 9.59 Å². The molecule has 1 aliphatic carbocycles. The van der Waals surface area contributed by atoms with E-state index in [2.05, 4.69) is 10.3 Å². The highest BCUT2D eigenvalue weighted by atomic mass is 16.4. The Morgan fingerprint density at radius 1 is 1.53 bits per heavy atom. The normalized spacial score (nSPS) is 17.3. The first-order valence-electron chi connectivity index (χ1n) is 6.62. The van der Waals surface area contributed by atoms with Gasteiger partial charge in [-0.05, 0) is 19.8 Å². The van der Waals surface area contributed by atoms with Gasteiger partial charge in [0.15, 0.2) is 5.82 Å². The second-order valence-electron chi connectivity index (χ2n) is 5.01. The van der Waals surface area contributed by atoms with Crippen molar-refractivity contribution in [3.05, 3.63) is 22.7 Å². The van der Waals surface area contributed by atoms with Crippen molar-refractivity contribution in [3.63, 3.8) is 0 Å². The molecule has 6 nitrogen and oxygen atoms in total. The molecule has 0 spiro atoms. The van der Waals surface area contributed by atoms with Gasteiger partial charge in [0.1, 0.15) is 0 Å². The van der Waals surface area contributed by atoms with E-state index < -0.39 is 11.4 Å². The summed E-state index contributed by atoms with van der Waals surface area (Å²) < 4.78 is 1.54. The lowest BCUT2D eigenvalue weighted by atomic mass is 9.86. The second kappa shape index (κ2) is 5.42. The first kappa shape index (κ1) is 13.6.